The standard InChI is InChI=1S/C22H25ClFN3O2/c23-18-7-9-20(10-8-18)26-22(29)27-12-2-4-16(15-27)6-11-21(28)25-14-17-3-1-5-19(24)13-17/h1,3,5,7-10,13,16H,2,4,6,11-12,14-15H2,(H,25,28)(H,26,29). The number of benzene rings is 2. The Bertz CT molecular complexity index is 844. The fourth-order valence-electron chi connectivity index (χ4n) is 3.49. The number of likely N-dealkylation sites (tertiary alicyclic amines) is 1. The van der Waals surface area contributed by atoms with E-state index in [1.807, 2.05) is 0 Å². The number of amides is 3. The summed E-state index contributed by atoms with van der Waals surface area (Å²) in [5, 5.41) is 6.34. The molecule has 0 spiro atoms. The first-order chi connectivity index (χ1) is 14.0. The predicted molar refractivity (Wildman–Crippen MR) is 112 cm³/mol. The number of rotatable bonds is 6. The largest absolute Gasteiger partial charge is 0.352 e. The summed E-state index contributed by atoms with van der Waals surface area (Å²) in [4.78, 5) is 26.4. The minimum atomic E-state index is -0.309. The molecule has 3 rings (SSSR count). The minimum Gasteiger partial charge on any atom is -0.352 e. The third-order valence-electron chi connectivity index (χ3n) is 5.06. The van der Waals surface area contributed by atoms with Crippen LogP contribution >= 0.6 is 11.6 Å². The third kappa shape index (κ3) is 6.75. The van der Waals surface area contributed by atoms with E-state index in [4.69, 9.17) is 11.6 Å². The second-order valence-corrected chi connectivity index (χ2v) is 7.77. The Morgan fingerprint density at radius 3 is 2.72 bits per heavy atom. The van der Waals surface area contributed by atoms with Crippen LogP contribution in [0.1, 0.15) is 31.2 Å². The van der Waals surface area contributed by atoms with Crippen LogP contribution in [0.2, 0.25) is 5.02 Å². The fourth-order valence-corrected chi connectivity index (χ4v) is 3.62. The number of halogens is 2. The molecule has 1 saturated heterocycles. The van der Waals surface area contributed by atoms with Crippen molar-refractivity contribution in [1.29, 1.82) is 0 Å². The molecule has 1 heterocycles. The minimum absolute atomic E-state index is 0.0583. The van der Waals surface area contributed by atoms with Gasteiger partial charge in [-0.2, -0.15) is 0 Å². The van der Waals surface area contributed by atoms with Crippen LogP contribution in [0.3, 0.4) is 0 Å². The molecular formula is C22H25ClFN3O2. The Balaban J connectivity index is 1.41. The molecule has 2 aromatic rings. The van der Waals surface area contributed by atoms with E-state index in [0.29, 0.717) is 42.7 Å². The van der Waals surface area contributed by atoms with Crippen LogP contribution in [0, 0.1) is 11.7 Å². The molecule has 2 aromatic carbocycles. The van der Waals surface area contributed by atoms with Crippen molar-refractivity contribution in [2.24, 2.45) is 5.92 Å². The van der Waals surface area contributed by atoms with Crippen molar-refractivity contribution in [3.8, 4) is 0 Å². The summed E-state index contributed by atoms with van der Waals surface area (Å²) < 4.78 is 13.2. The van der Waals surface area contributed by atoms with Crippen LogP contribution in [-0.2, 0) is 11.3 Å². The Labute approximate surface area is 175 Å². The number of carbonyl (C=O) groups is 2. The Morgan fingerprint density at radius 2 is 1.97 bits per heavy atom. The molecule has 0 aromatic heterocycles. The number of nitrogens with one attached hydrogen (secondary N) is 2. The van der Waals surface area contributed by atoms with E-state index in [9.17, 15) is 14.0 Å². The van der Waals surface area contributed by atoms with Crippen LogP contribution in [0.15, 0.2) is 48.5 Å². The quantitative estimate of drug-likeness (QED) is 0.707. The van der Waals surface area contributed by atoms with Gasteiger partial charge in [0.15, 0.2) is 0 Å². The molecule has 3 amide bonds. The molecule has 29 heavy (non-hydrogen) atoms. The van der Waals surface area contributed by atoms with Crippen LogP contribution < -0.4 is 10.6 Å². The zero-order valence-electron chi connectivity index (χ0n) is 16.2. The first kappa shape index (κ1) is 21.1. The van der Waals surface area contributed by atoms with Crippen molar-refractivity contribution >= 4 is 29.2 Å². The van der Waals surface area contributed by atoms with Crippen molar-refractivity contribution < 1.29 is 14.0 Å². The monoisotopic (exact) mass is 417 g/mol. The molecule has 1 aliphatic rings. The van der Waals surface area contributed by atoms with Crippen LogP contribution in [0.4, 0.5) is 14.9 Å². The topological polar surface area (TPSA) is 61.4 Å². The number of hydrogen-bond acceptors (Lipinski definition) is 2. The molecule has 1 atom stereocenters. The molecule has 154 valence electrons. The molecule has 2 N–H and O–H groups in total. The normalized spacial score (nSPS) is 16.3. The second-order valence-electron chi connectivity index (χ2n) is 7.34. The molecule has 0 bridgehead atoms. The van der Waals surface area contributed by atoms with Crippen molar-refractivity contribution in [2.75, 3.05) is 18.4 Å². The van der Waals surface area contributed by atoms with Gasteiger partial charge in [0, 0.05) is 36.8 Å². The van der Waals surface area contributed by atoms with Gasteiger partial charge in [0.2, 0.25) is 5.91 Å². The number of piperidine rings is 1. The van der Waals surface area contributed by atoms with E-state index in [1.54, 1.807) is 41.3 Å². The van der Waals surface area contributed by atoms with Gasteiger partial charge in [-0.1, -0.05) is 23.7 Å². The van der Waals surface area contributed by atoms with Crippen LogP contribution in [0.25, 0.3) is 0 Å². The zero-order chi connectivity index (χ0) is 20.6. The van der Waals surface area contributed by atoms with Gasteiger partial charge >= 0.3 is 6.03 Å². The van der Waals surface area contributed by atoms with Gasteiger partial charge in [0.05, 0.1) is 0 Å². The maximum Gasteiger partial charge on any atom is 0.321 e. The molecule has 0 aliphatic carbocycles. The molecule has 5 nitrogen and oxygen atoms in total. The lowest BCUT2D eigenvalue weighted by Gasteiger charge is -2.32. The van der Waals surface area contributed by atoms with Crippen molar-refractivity contribution in [1.82, 2.24) is 10.2 Å². The van der Waals surface area contributed by atoms with E-state index in [1.165, 1.54) is 12.1 Å². The summed E-state index contributed by atoms with van der Waals surface area (Å²) in [6.07, 6.45) is 3.04. The predicted octanol–water partition coefficient (Wildman–Crippen LogP) is 4.82. The number of anilines is 1. The molecule has 1 unspecified atom stereocenters. The fraction of sp³-hybridized carbons (Fsp3) is 0.364. The van der Waals surface area contributed by atoms with Gasteiger partial charge in [-0.25, -0.2) is 9.18 Å². The summed E-state index contributed by atoms with van der Waals surface area (Å²) in [5.74, 6) is -0.0763. The Hall–Kier alpha value is -2.60. The number of urea groups is 1. The summed E-state index contributed by atoms with van der Waals surface area (Å²) in [7, 11) is 0. The van der Waals surface area contributed by atoms with Crippen LogP contribution in [0.5, 0.6) is 0 Å². The first-order valence-corrected chi connectivity index (χ1v) is 10.2. The maximum absolute atomic E-state index is 13.2. The highest BCUT2D eigenvalue weighted by Crippen LogP contribution is 2.22. The lowest BCUT2D eigenvalue weighted by atomic mass is 9.93. The maximum atomic E-state index is 13.2. The smallest absolute Gasteiger partial charge is 0.321 e. The van der Waals surface area contributed by atoms with Gasteiger partial charge in [-0.05, 0) is 67.1 Å². The zero-order valence-corrected chi connectivity index (χ0v) is 16.9. The highest BCUT2D eigenvalue weighted by Gasteiger charge is 2.24. The van der Waals surface area contributed by atoms with E-state index >= 15 is 0 Å². The van der Waals surface area contributed by atoms with Crippen molar-refractivity contribution in [3.05, 3.63) is 64.9 Å². The average Bonchev–Trinajstić information content (AvgIpc) is 2.72. The van der Waals surface area contributed by atoms with Crippen molar-refractivity contribution in [3.63, 3.8) is 0 Å². The van der Waals surface area contributed by atoms with Gasteiger partial charge < -0.3 is 15.5 Å². The highest BCUT2D eigenvalue weighted by atomic mass is 35.5. The molecule has 0 saturated carbocycles. The number of carbonyl (C=O) groups excluding carboxylic acids is 2. The van der Waals surface area contributed by atoms with E-state index in [0.717, 1.165) is 24.8 Å². The summed E-state index contributed by atoms with van der Waals surface area (Å²) >= 11 is 5.87. The van der Waals surface area contributed by atoms with E-state index in [-0.39, 0.29) is 17.8 Å². The van der Waals surface area contributed by atoms with E-state index < -0.39 is 0 Å². The van der Waals surface area contributed by atoms with Crippen LogP contribution in [-0.4, -0.2) is 29.9 Å². The molecule has 0 radical (unpaired) electrons. The first-order valence-electron chi connectivity index (χ1n) is 9.82. The average molecular weight is 418 g/mol. The number of hydrogen-bond donors (Lipinski definition) is 2. The van der Waals surface area contributed by atoms with Gasteiger partial charge in [-0.3, -0.25) is 4.79 Å². The van der Waals surface area contributed by atoms with E-state index in [2.05, 4.69) is 10.6 Å². The summed E-state index contributed by atoms with van der Waals surface area (Å²) in [6.45, 7) is 1.66. The lowest BCUT2D eigenvalue weighted by Crippen LogP contribution is -2.42. The lowest BCUT2D eigenvalue weighted by molar-refractivity contribution is -0.121. The number of nitrogens with zero attached hydrogens (tertiary/aromatic N) is 1. The molecule has 7 heteroatoms. The Kier molecular flexibility index (Phi) is 7.47. The summed E-state index contributed by atoms with van der Waals surface area (Å²) in [5.41, 5.74) is 1.44. The third-order valence-corrected chi connectivity index (χ3v) is 5.31. The molecule has 1 aliphatic heterocycles. The molecule has 1 fully saturated rings. The Morgan fingerprint density at radius 1 is 1.17 bits per heavy atom. The second kappa shape index (κ2) is 10.3. The van der Waals surface area contributed by atoms with Gasteiger partial charge in [0.1, 0.15) is 5.82 Å². The summed E-state index contributed by atoms with van der Waals surface area (Å²) in [6, 6.07) is 13.1. The SMILES string of the molecule is O=C(CCC1CCCN(C(=O)Nc2ccc(Cl)cc2)C1)NCc1cccc(F)c1. The molecular weight excluding hydrogens is 393 g/mol. The highest BCUT2D eigenvalue weighted by molar-refractivity contribution is 6.30. The van der Waals surface area contributed by atoms with Gasteiger partial charge in [0.25, 0.3) is 0 Å². The van der Waals surface area contributed by atoms with Crippen molar-refractivity contribution in [2.45, 2.75) is 32.2 Å². The van der Waals surface area contributed by atoms with Gasteiger partial charge in [-0.15, -0.1) is 0 Å².